The van der Waals surface area contributed by atoms with Crippen molar-refractivity contribution < 1.29 is 19.1 Å². The molecule has 12 heteroatoms. The first-order chi connectivity index (χ1) is 17.7. The van der Waals surface area contributed by atoms with E-state index in [1.807, 2.05) is 37.3 Å². The number of non-ortho nitro benzene ring substituents is 1. The van der Waals surface area contributed by atoms with Gasteiger partial charge in [-0.05, 0) is 50.3 Å². The minimum absolute atomic E-state index is 0.176. The third-order valence-electron chi connectivity index (χ3n) is 5.69. The monoisotopic (exact) mass is 498 g/mol. The van der Waals surface area contributed by atoms with Crippen LogP contribution in [0, 0.1) is 27.2 Å². The molecule has 0 saturated heterocycles. The number of nitro groups is 2. The highest BCUT2D eigenvalue weighted by atomic mass is 16.6. The van der Waals surface area contributed by atoms with Crippen molar-refractivity contribution in [3.8, 4) is 17.1 Å². The Morgan fingerprint density at radius 2 is 1.73 bits per heavy atom. The summed E-state index contributed by atoms with van der Waals surface area (Å²) >= 11 is 0. The standard InChI is InChI=1S/C25H18N6O6/c1-15-8-11-23(37-15)24-17(14-28(27-24)18-6-4-3-5-7-18)12-20-16(2)26-29(25(20)32)21-10-9-19(30(33)34)13-22(21)31(35)36/h3-14H,1-2H3/b20-12+. The van der Waals surface area contributed by atoms with Crippen molar-refractivity contribution in [2.24, 2.45) is 5.10 Å². The maximum absolute atomic E-state index is 13.4. The molecular weight excluding hydrogens is 480 g/mol. The maximum Gasteiger partial charge on any atom is 0.301 e. The number of nitrogens with zero attached hydrogens (tertiary/aromatic N) is 6. The normalized spacial score (nSPS) is 14.3. The molecule has 5 rings (SSSR count). The Kier molecular flexibility index (Phi) is 5.68. The highest BCUT2D eigenvalue weighted by molar-refractivity contribution is 6.32. The fourth-order valence-corrected chi connectivity index (χ4v) is 3.91. The van der Waals surface area contributed by atoms with Crippen LogP contribution in [0.5, 0.6) is 0 Å². The number of benzene rings is 2. The predicted molar refractivity (Wildman–Crippen MR) is 134 cm³/mol. The number of hydrogen-bond donors (Lipinski definition) is 0. The summed E-state index contributed by atoms with van der Waals surface area (Å²) in [6, 6.07) is 16.0. The van der Waals surface area contributed by atoms with Crippen molar-refractivity contribution in [1.82, 2.24) is 9.78 Å². The van der Waals surface area contributed by atoms with Crippen molar-refractivity contribution in [3.63, 3.8) is 0 Å². The van der Waals surface area contributed by atoms with E-state index in [0.717, 1.165) is 28.9 Å². The molecule has 0 spiro atoms. The molecule has 0 saturated carbocycles. The van der Waals surface area contributed by atoms with Gasteiger partial charge in [0, 0.05) is 17.8 Å². The zero-order valence-electron chi connectivity index (χ0n) is 19.6. The van der Waals surface area contributed by atoms with Gasteiger partial charge >= 0.3 is 5.69 Å². The van der Waals surface area contributed by atoms with Gasteiger partial charge in [-0.25, -0.2) is 4.68 Å². The van der Waals surface area contributed by atoms with Crippen LogP contribution in [0.4, 0.5) is 17.1 Å². The zero-order valence-corrected chi connectivity index (χ0v) is 19.6. The van der Waals surface area contributed by atoms with Crippen LogP contribution in [0.2, 0.25) is 0 Å². The molecule has 0 bridgehead atoms. The Morgan fingerprint density at radius 3 is 2.38 bits per heavy atom. The lowest BCUT2D eigenvalue weighted by Gasteiger charge is -2.11. The van der Waals surface area contributed by atoms with Crippen LogP contribution in [-0.2, 0) is 4.79 Å². The fraction of sp³-hybridized carbons (Fsp3) is 0.0800. The summed E-state index contributed by atoms with van der Waals surface area (Å²) < 4.78 is 7.44. The number of aryl methyl sites for hydroxylation is 1. The number of carbonyl (C=O) groups excluding carboxylic acids is 1. The third-order valence-corrected chi connectivity index (χ3v) is 5.69. The second-order valence-corrected chi connectivity index (χ2v) is 8.17. The van der Waals surface area contributed by atoms with Gasteiger partial charge in [-0.2, -0.15) is 15.2 Å². The minimum atomic E-state index is -0.788. The molecule has 2 aromatic heterocycles. The highest BCUT2D eigenvalue weighted by Gasteiger charge is 2.34. The van der Waals surface area contributed by atoms with Crippen molar-refractivity contribution in [2.45, 2.75) is 13.8 Å². The van der Waals surface area contributed by atoms with Crippen LogP contribution in [0.1, 0.15) is 18.2 Å². The Morgan fingerprint density at radius 1 is 0.973 bits per heavy atom. The summed E-state index contributed by atoms with van der Waals surface area (Å²) in [5.41, 5.74) is 1.10. The molecule has 37 heavy (non-hydrogen) atoms. The largest absolute Gasteiger partial charge is 0.460 e. The Hall–Kier alpha value is -5.39. The molecule has 1 amide bonds. The number of hydrazone groups is 1. The second kappa shape index (κ2) is 9.00. The molecule has 184 valence electrons. The number of nitro benzene ring substituents is 2. The topological polar surface area (TPSA) is 150 Å². The summed E-state index contributed by atoms with van der Waals surface area (Å²) in [5, 5.41) is 32.4. The molecule has 0 fully saturated rings. The lowest BCUT2D eigenvalue weighted by Crippen LogP contribution is -2.22. The van der Waals surface area contributed by atoms with E-state index in [2.05, 4.69) is 10.2 Å². The Balaban J connectivity index is 1.59. The number of carbonyl (C=O) groups is 1. The molecule has 2 aromatic carbocycles. The van der Waals surface area contributed by atoms with E-state index >= 15 is 0 Å². The van der Waals surface area contributed by atoms with Gasteiger partial charge in [0.2, 0.25) is 0 Å². The molecule has 0 atom stereocenters. The summed E-state index contributed by atoms with van der Waals surface area (Å²) in [7, 11) is 0. The van der Waals surface area contributed by atoms with Crippen molar-refractivity contribution in [1.29, 1.82) is 0 Å². The van der Waals surface area contributed by atoms with E-state index in [4.69, 9.17) is 4.42 Å². The average Bonchev–Trinajstić information content (AvgIpc) is 3.58. The Labute approximate surface area is 209 Å². The van der Waals surface area contributed by atoms with Crippen LogP contribution < -0.4 is 5.01 Å². The fourth-order valence-electron chi connectivity index (χ4n) is 3.91. The van der Waals surface area contributed by atoms with Crippen LogP contribution >= 0.6 is 0 Å². The molecule has 3 heterocycles. The number of para-hydroxylation sites is 1. The van der Waals surface area contributed by atoms with Gasteiger partial charge < -0.3 is 4.42 Å². The van der Waals surface area contributed by atoms with E-state index in [1.165, 1.54) is 0 Å². The molecule has 1 aliphatic rings. The number of aromatic nitrogens is 2. The summed E-state index contributed by atoms with van der Waals surface area (Å²) in [4.78, 5) is 34.5. The quantitative estimate of drug-likeness (QED) is 0.205. The van der Waals surface area contributed by atoms with Gasteiger partial charge in [-0.1, -0.05) is 18.2 Å². The molecule has 1 aliphatic heterocycles. The van der Waals surface area contributed by atoms with Crippen LogP contribution in [-0.4, -0.2) is 31.2 Å². The van der Waals surface area contributed by atoms with Gasteiger partial charge in [-0.15, -0.1) is 0 Å². The molecular formula is C25H18N6O6. The van der Waals surface area contributed by atoms with Gasteiger partial charge in [-0.3, -0.25) is 25.0 Å². The number of hydrogen-bond acceptors (Lipinski definition) is 8. The van der Waals surface area contributed by atoms with Crippen LogP contribution in [0.15, 0.2) is 82.0 Å². The van der Waals surface area contributed by atoms with Gasteiger partial charge in [0.1, 0.15) is 17.1 Å². The van der Waals surface area contributed by atoms with E-state index < -0.39 is 27.1 Å². The van der Waals surface area contributed by atoms with Crippen molar-refractivity contribution in [2.75, 3.05) is 5.01 Å². The molecule has 0 N–H and O–H groups in total. The van der Waals surface area contributed by atoms with E-state index in [9.17, 15) is 25.0 Å². The van der Waals surface area contributed by atoms with E-state index in [0.29, 0.717) is 28.5 Å². The second-order valence-electron chi connectivity index (χ2n) is 8.17. The molecule has 0 radical (unpaired) electrons. The molecule has 0 aliphatic carbocycles. The SMILES string of the molecule is CC1=NN(c2ccc([N+](=O)[O-])cc2[N+](=O)[O-])C(=O)/C1=C/c1cn(-c2ccccc2)nc1-c1ccc(C)o1. The molecule has 0 unspecified atom stereocenters. The smallest absolute Gasteiger partial charge is 0.301 e. The minimum Gasteiger partial charge on any atom is -0.460 e. The van der Waals surface area contributed by atoms with Gasteiger partial charge in [0.05, 0.1) is 32.9 Å². The lowest BCUT2D eigenvalue weighted by atomic mass is 10.1. The highest BCUT2D eigenvalue weighted by Crippen LogP contribution is 2.36. The summed E-state index contributed by atoms with van der Waals surface area (Å²) in [5.74, 6) is 0.569. The Bertz CT molecular complexity index is 1630. The van der Waals surface area contributed by atoms with Crippen LogP contribution in [0.25, 0.3) is 23.2 Å². The van der Waals surface area contributed by atoms with Gasteiger partial charge in [0.15, 0.2) is 5.76 Å². The van der Waals surface area contributed by atoms with Crippen LogP contribution in [0.3, 0.4) is 0 Å². The third kappa shape index (κ3) is 4.27. The molecule has 12 nitrogen and oxygen atoms in total. The number of anilines is 1. The summed E-state index contributed by atoms with van der Waals surface area (Å²) in [6.45, 7) is 3.40. The lowest BCUT2D eigenvalue weighted by molar-refractivity contribution is -0.393. The van der Waals surface area contributed by atoms with Crippen molar-refractivity contribution in [3.05, 3.63) is 104 Å². The predicted octanol–water partition coefficient (Wildman–Crippen LogP) is 5.06. The average molecular weight is 498 g/mol. The first kappa shape index (κ1) is 23.4. The summed E-state index contributed by atoms with van der Waals surface area (Å²) in [6.07, 6.45) is 3.34. The van der Waals surface area contributed by atoms with E-state index in [-0.39, 0.29) is 11.3 Å². The number of amides is 1. The first-order valence-corrected chi connectivity index (χ1v) is 11.0. The number of furan rings is 1. The van der Waals surface area contributed by atoms with Gasteiger partial charge in [0.25, 0.3) is 11.6 Å². The zero-order chi connectivity index (χ0) is 26.3. The number of rotatable bonds is 6. The first-order valence-electron chi connectivity index (χ1n) is 11.0. The molecule has 4 aromatic rings. The van der Waals surface area contributed by atoms with E-state index in [1.54, 1.807) is 36.0 Å². The maximum atomic E-state index is 13.4. The van der Waals surface area contributed by atoms with Crippen molar-refractivity contribution >= 4 is 34.8 Å².